The van der Waals surface area contributed by atoms with E-state index in [1.54, 1.807) is 24.3 Å². The Hall–Kier alpha value is -3.91. The number of anilines is 1. The first kappa shape index (κ1) is 22.3. The van der Waals surface area contributed by atoms with Gasteiger partial charge in [-0.25, -0.2) is 9.38 Å². The maximum absolute atomic E-state index is 13.1. The molecule has 0 aliphatic carbocycles. The Bertz CT molecular complexity index is 1240. The quantitative estimate of drug-likeness (QED) is 0.504. The third kappa shape index (κ3) is 6.08. The van der Waals surface area contributed by atoms with Crippen molar-refractivity contribution in [2.24, 2.45) is 4.99 Å². The second-order valence-electron chi connectivity index (χ2n) is 7.20. The molecule has 0 bridgehead atoms. The van der Waals surface area contributed by atoms with Crippen LogP contribution in [0.3, 0.4) is 0 Å². The summed E-state index contributed by atoms with van der Waals surface area (Å²) in [6.45, 7) is 1.80. The first-order valence-electron chi connectivity index (χ1n) is 10.1. The number of carbonyl (C=O) groups excluding carboxylic acids is 2. The van der Waals surface area contributed by atoms with Crippen LogP contribution in [0.25, 0.3) is 6.08 Å². The molecule has 33 heavy (non-hydrogen) atoms. The van der Waals surface area contributed by atoms with Gasteiger partial charge in [0.25, 0.3) is 11.8 Å². The molecular formula is C25H20FN3O3S. The second kappa shape index (κ2) is 10.1. The highest BCUT2D eigenvalue weighted by Crippen LogP contribution is 2.30. The molecule has 3 aromatic carbocycles. The fourth-order valence-electron chi connectivity index (χ4n) is 2.96. The van der Waals surface area contributed by atoms with Gasteiger partial charge >= 0.3 is 0 Å². The highest BCUT2D eigenvalue weighted by atomic mass is 32.2. The van der Waals surface area contributed by atoms with E-state index in [1.807, 2.05) is 37.3 Å². The number of thioether (sulfide) groups is 1. The summed E-state index contributed by atoms with van der Waals surface area (Å²) >= 11 is 1.17. The normalized spacial score (nSPS) is 15.5. The first-order valence-corrected chi connectivity index (χ1v) is 10.9. The van der Waals surface area contributed by atoms with E-state index in [1.165, 1.54) is 36.0 Å². The summed E-state index contributed by atoms with van der Waals surface area (Å²) < 4.78 is 18.8. The molecule has 6 nitrogen and oxygen atoms in total. The fraction of sp³-hybridized carbons (Fsp3) is 0.0800. The molecule has 1 fully saturated rings. The number of benzene rings is 3. The lowest BCUT2D eigenvalue weighted by Gasteiger charge is -2.10. The van der Waals surface area contributed by atoms with E-state index in [0.717, 1.165) is 5.56 Å². The molecule has 1 heterocycles. The average Bonchev–Trinajstić information content (AvgIpc) is 3.15. The molecule has 0 aromatic heterocycles. The maximum atomic E-state index is 13.1. The molecule has 8 heteroatoms. The molecule has 166 valence electrons. The van der Waals surface area contributed by atoms with Crippen LogP contribution < -0.4 is 15.4 Å². The summed E-state index contributed by atoms with van der Waals surface area (Å²) in [5, 5.41) is 5.88. The van der Waals surface area contributed by atoms with Gasteiger partial charge in [-0.05, 0) is 67.2 Å². The van der Waals surface area contributed by atoms with Gasteiger partial charge in [-0.1, -0.05) is 35.9 Å². The molecule has 2 N–H and O–H groups in total. The van der Waals surface area contributed by atoms with Crippen molar-refractivity contribution >= 4 is 46.2 Å². The molecule has 0 unspecified atom stereocenters. The van der Waals surface area contributed by atoms with Crippen LogP contribution in [0.2, 0.25) is 0 Å². The smallest absolute Gasteiger partial charge is 0.264 e. The van der Waals surface area contributed by atoms with Crippen LogP contribution in [0.5, 0.6) is 5.75 Å². The number of nitrogens with one attached hydrogen (secondary N) is 2. The minimum absolute atomic E-state index is 0.176. The summed E-state index contributed by atoms with van der Waals surface area (Å²) in [4.78, 5) is 29.4. The third-order valence-corrected chi connectivity index (χ3v) is 5.52. The Labute approximate surface area is 194 Å². The van der Waals surface area contributed by atoms with Crippen LogP contribution in [0.4, 0.5) is 15.8 Å². The molecule has 1 aliphatic rings. The maximum Gasteiger partial charge on any atom is 0.264 e. The van der Waals surface area contributed by atoms with Crippen molar-refractivity contribution in [2.45, 2.75) is 6.92 Å². The van der Waals surface area contributed by atoms with Gasteiger partial charge in [0.2, 0.25) is 0 Å². The number of aryl methyl sites for hydroxylation is 1. The first-order chi connectivity index (χ1) is 16.0. The monoisotopic (exact) mass is 461 g/mol. The Kier molecular flexibility index (Phi) is 6.85. The van der Waals surface area contributed by atoms with Gasteiger partial charge in [0.1, 0.15) is 11.6 Å². The zero-order valence-corrected chi connectivity index (χ0v) is 18.5. The molecule has 1 saturated heterocycles. The zero-order valence-electron chi connectivity index (χ0n) is 17.7. The van der Waals surface area contributed by atoms with Gasteiger partial charge in [0, 0.05) is 11.3 Å². The molecule has 4 rings (SSSR count). The second-order valence-corrected chi connectivity index (χ2v) is 8.23. The lowest BCUT2D eigenvalue weighted by molar-refractivity contribution is -0.118. The number of hydrogen-bond donors (Lipinski definition) is 2. The molecule has 0 spiro atoms. The standard InChI is InChI=1S/C25H20FN3O3S/c1-16-6-10-19(11-7-16)27-23(30)15-32-21-5-3-2-4-17(21)14-22-24(31)29-25(33-22)28-20-12-8-18(26)9-13-20/h2-14H,15H2,1H3,(H,27,30)(H,28,29,31)/b22-14+. The summed E-state index contributed by atoms with van der Waals surface area (Å²) in [5.41, 5.74) is 2.98. The van der Waals surface area contributed by atoms with Crippen LogP contribution in [0.1, 0.15) is 11.1 Å². The number of aliphatic imine (C=N–C) groups is 1. The number of halogens is 1. The Balaban J connectivity index is 1.43. The molecule has 0 saturated carbocycles. The topological polar surface area (TPSA) is 79.8 Å². The summed E-state index contributed by atoms with van der Waals surface area (Å²) in [7, 11) is 0. The molecule has 1 aliphatic heterocycles. The van der Waals surface area contributed by atoms with Gasteiger partial charge in [-0.3, -0.25) is 9.59 Å². The zero-order chi connectivity index (χ0) is 23.2. The van der Waals surface area contributed by atoms with Crippen LogP contribution in [0.15, 0.2) is 82.7 Å². The Morgan fingerprint density at radius 1 is 1.09 bits per heavy atom. The van der Waals surface area contributed by atoms with E-state index in [0.29, 0.717) is 32.8 Å². The predicted molar refractivity (Wildman–Crippen MR) is 129 cm³/mol. The summed E-state index contributed by atoms with van der Waals surface area (Å²) in [6, 6.07) is 20.3. The van der Waals surface area contributed by atoms with Gasteiger partial charge < -0.3 is 15.4 Å². The number of hydrogen-bond acceptors (Lipinski definition) is 5. The van der Waals surface area contributed by atoms with E-state index in [4.69, 9.17) is 4.74 Å². The SMILES string of the molecule is Cc1ccc(NC(=O)COc2ccccc2/C=C2/SC(=Nc3ccc(F)cc3)NC2=O)cc1. The van der Waals surface area contributed by atoms with E-state index >= 15 is 0 Å². The van der Waals surface area contributed by atoms with E-state index in [2.05, 4.69) is 15.6 Å². The van der Waals surface area contributed by atoms with Gasteiger partial charge in [0.05, 0.1) is 10.6 Å². The summed E-state index contributed by atoms with van der Waals surface area (Å²) in [6.07, 6.45) is 1.68. The number of carbonyl (C=O) groups is 2. The predicted octanol–water partition coefficient (Wildman–Crippen LogP) is 5.04. The number of ether oxygens (including phenoxy) is 1. The van der Waals surface area contributed by atoms with Crippen molar-refractivity contribution in [1.82, 2.24) is 5.32 Å². The third-order valence-electron chi connectivity index (χ3n) is 4.61. The van der Waals surface area contributed by atoms with Crippen molar-refractivity contribution in [3.63, 3.8) is 0 Å². The summed E-state index contributed by atoms with van der Waals surface area (Å²) in [5.74, 6) is -0.469. The minimum atomic E-state index is -0.355. The number of amidine groups is 1. The number of nitrogens with zero attached hydrogens (tertiary/aromatic N) is 1. The van der Waals surface area contributed by atoms with Crippen molar-refractivity contribution in [3.8, 4) is 5.75 Å². The van der Waals surface area contributed by atoms with Crippen LogP contribution in [0, 0.1) is 12.7 Å². The Morgan fingerprint density at radius 2 is 1.82 bits per heavy atom. The van der Waals surface area contributed by atoms with Crippen molar-refractivity contribution in [3.05, 3.63) is 94.6 Å². The molecule has 3 aromatic rings. The van der Waals surface area contributed by atoms with E-state index in [9.17, 15) is 14.0 Å². The fourth-order valence-corrected chi connectivity index (χ4v) is 3.80. The highest BCUT2D eigenvalue weighted by molar-refractivity contribution is 8.18. The number of amides is 2. The van der Waals surface area contributed by atoms with Crippen LogP contribution in [-0.4, -0.2) is 23.6 Å². The van der Waals surface area contributed by atoms with Gasteiger partial charge in [-0.15, -0.1) is 0 Å². The number of para-hydroxylation sites is 1. The lowest BCUT2D eigenvalue weighted by Crippen LogP contribution is -2.20. The molecule has 2 amide bonds. The van der Waals surface area contributed by atoms with Crippen molar-refractivity contribution in [1.29, 1.82) is 0 Å². The van der Waals surface area contributed by atoms with Crippen LogP contribution >= 0.6 is 11.8 Å². The largest absolute Gasteiger partial charge is 0.483 e. The van der Waals surface area contributed by atoms with Gasteiger partial charge in [-0.2, -0.15) is 0 Å². The van der Waals surface area contributed by atoms with E-state index < -0.39 is 0 Å². The van der Waals surface area contributed by atoms with E-state index in [-0.39, 0.29) is 24.2 Å². The van der Waals surface area contributed by atoms with Crippen molar-refractivity contribution in [2.75, 3.05) is 11.9 Å². The lowest BCUT2D eigenvalue weighted by atomic mass is 10.2. The van der Waals surface area contributed by atoms with Gasteiger partial charge in [0.15, 0.2) is 11.8 Å². The Morgan fingerprint density at radius 3 is 2.58 bits per heavy atom. The average molecular weight is 462 g/mol. The molecular weight excluding hydrogens is 441 g/mol. The molecule has 0 radical (unpaired) electrons. The minimum Gasteiger partial charge on any atom is -0.483 e. The molecule has 0 atom stereocenters. The highest BCUT2D eigenvalue weighted by Gasteiger charge is 2.24. The van der Waals surface area contributed by atoms with Crippen LogP contribution in [-0.2, 0) is 9.59 Å². The van der Waals surface area contributed by atoms with Crippen molar-refractivity contribution < 1.29 is 18.7 Å². The number of rotatable bonds is 6.